The van der Waals surface area contributed by atoms with Gasteiger partial charge in [-0.05, 0) is 42.5 Å². The molecule has 20 heavy (non-hydrogen) atoms. The lowest BCUT2D eigenvalue weighted by molar-refractivity contribution is 0.102. The van der Waals surface area contributed by atoms with Crippen molar-refractivity contribution in [3.8, 4) is 0 Å². The van der Waals surface area contributed by atoms with Gasteiger partial charge < -0.3 is 16.0 Å². The van der Waals surface area contributed by atoms with Crippen molar-refractivity contribution in [3.05, 3.63) is 59.2 Å². The van der Waals surface area contributed by atoms with Gasteiger partial charge in [0.1, 0.15) is 0 Å². The maximum absolute atomic E-state index is 12.2. The summed E-state index contributed by atoms with van der Waals surface area (Å²) < 4.78 is 0. The quantitative estimate of drug-likeness (QED) is 0.629. The number of carbonyl (C=O) groups excluding carboxylic acids is 1. The van der Waals surface area contributed by atoms with Crippen molar-refractivity contribution in [2.24, 2.45) is 0 Å². The maximum atomic E-state index is 12.2. The Morgan fingerprint density at radius 1 is 1.15 bits per heavy atom. The molecule has 1 amide bonds. The van der Waals surface area contributed by atoms with Crippen molar-refractivity contribution in [3.63, 3.8) is 0 Å². The molecular formula is C15H12ClN3O. The number of rotatable bonds is 2. The minimum absolute atomic E-state index is 0.256. The molecule has 3 rings (SSSR count). The molecule has 0 saturated carbocycles. The molecule has 0 aliphatic carbocycles. The second-order valence-electron chi connectivity index (χ2n) is 4.47. The van der Waals surface area contributed by atoms with Crippen molar-refractivity contribution in [2.45, 2.75) is 0 Å². The highest BCUT2D eigenvalue weighted by Crippen LogP contribution is 2.21. The fourth-order valence-corrected chi connectivity index (χ4v) is 2.25. The normalized spacial score (nSPS) is 10.7. The SMILES string of the molecule is Nc1cc(Cl)ccc1C(=O)Nc1ccc2[nH]ccc2c1. The zero-order valence-corrected chi connectivity index (χ0v) is 11.2. The number of aromatic amines is 1. The van der Waals surface area contributed by atoms with Gasteiger partial charge in [0.25, 0.3) is 5.91 Å². The predicted octanol–water partition coefficient (Wildman–Crippen LogP) is 3.66. The van der Waals surface area contributed by atoms with Crippen LogP contribution < -0.4 is 11.1 Å². The lowest BCUT2D eigenvalue weighted by atomic mass is 10.1. The van der Waals surface area contributed by atoms with Gasteiger partial charge in [0, 0.05) is 33.5 Å². The number of carbonyl (C=O) groups is 1. The van der Waals surface area contributed by atoms with E-state index in [1.54, 1.807) is 18.2 Å². The molecule has 3 aromatic rings. The van der Waals surface area contributed by atoms with E-state index in [9.17, 15) is 4.79 Å². The lowest BCUT2D eigenvalue weighted by Crippen LogP contribution is -2.13. The van der Waals surface area contributed by atoms with Gasteiger partial charge >= 0.3 is 0 Å². The van der Waals surface area contributed by atoms with Gasteiger partial charge in [0.2, 0.25) is 0 Å². The summed E-state index contributed by atoms with van der Waals surface area (Å²) in [6.07, 6.45) is 1.85. The number of nitrogens with one attached hydrogen (secondary N) is 2. The minimum atomic E-state index is -0.256. The second-order valence-corrected chi connectivity index (χ2v) is 4.90. The zero-order chi connectivity index (χ0) is 14.1. The highest BCUT2D eigenvalue weighted by atomic mass is 35.5. The van der Waals surface area contributed by atoms with Crippen LogP contribution in [0.3, 0.4) is 0 Å². The van der Waals surface area contributed by atoms with Crippen molar-refractivity contribution in [2.75, 3.05) is 11.1 Å². The topological polar surface area (TPSA) is 70.9 Å². The molecule has 1 heterocycles. The smallest absolute Gasteiger partial charge is 0.257 e. The molecule has 0 aliphatic heterocycles. The molecule has 0 spiro atoms. The van der Waals surface area contributed by atoms with Crippen LogP contribution in [0, 0.1) is 0 Å². The van der Waals surface area contributed by atoms with Crippen LogP contribution in [0.5, 0.6) is 0 Å². The number of H-pyrrole nitrogens is 1. The molecule has 0 saturated heterocycles. The van der Waals surface area contributed by atoms with Crippen LogP contribution in [0.25, 0.3) is 10.9 Å². The summed E-state index contributed by atoms with van der Waals surface area (Å²) in [6.45, 7) is 0. The van der Waals surface area contributed by atoms with E-state index in [0.717, 1.165) is 16.6 Å². The number of nitrogen functional groups attached to an aromatic ring is 1. The molecule has 100 valence electrons. The predicted molar refractivity (Wildman–Crippen MR) is 82.1 cm³/mol. The van der Waals surface area contributed by atoms with Crippen LogP contribution in [0.1, 0.15) is 10.4 Å². The Labute approximate surface area is 120 Å². The van der Waals surface area contributed by atoms with Crippen LogP contribution in [-0.4, -0.2) is 10.9 Å². The number of anilines is 2. The highest BCUT2D eigenvalue weighted by Gasteiger charge is 2.10. The molecule has 4 N–H and O–H groups in total. The Hall–Kier alpha value is -2.46. The van der Waals surface area contributed by atoms with E-state index in [0.29, 0.717) is 16.3 Å². The molecule has 4 nitrogen and oxygen atoms in total. The van der Waals surface area contributed by atoms with Crippen LogP contribution in [-0.2, 0) is 0 Å². The fraction of sp³-hybridized carbons (Fsp3) is 0. The number of fused-ring (bicyclic) bond motifs is 1. The summed E-state index contributed by atoms with van der Waals surface area (Å²) in [5.74, 6) is -0.256. The van der Waals surface area contributed by atoms with Crippen molar-refractivity contribution >= 4 is 39.8 Å². The first-order valence-electron chi connectivity index (χ1n) is 6.07. The molecule has 2 aromatic carbocycles. The molecular weight excluding hydrogens is 274 g/mol. The largest absolute Gasteiger partial charge is 0.398 e. The second kappa shape index (κ2) is 4.90. The molecule has 0 bridgehead atoms. The Kier molecular flexibility index (Phi) is 3.08. The molecule has 0 radical (unpaired) electrons. The number of hydrogen-bond donors (Lipinski definition) is 3. The Morgan fingerprint density at radius 3 is 2.80 bits per heavy atom. The molecule has 1 aromatic heterocycles. The average Bonchev–Trinajstić information content (AvgIpc) is 2.85. The van der Waals surface area contributed by atoms with E-state index >= 15 is 0 Å². The summed E-state index contributed by atoms with van der Waals surface area (Å²) in [6, 6.07) is 12.4. The zero-order valence-electron chi connectivity index (χ0n) is 10.5. The first-order chi connectivity index (χ1) is 9.63. The third-order valence-electron chi connectivity index (χ3n) is 3.07. The summed E-state index contributed by atoms with van der Waals surface area (Å²) in [7, 11) is 0. The van der Waals surface area contributed by atoms with Crippen molar-refractivity contribution < 1.29 is 4.79 Å². The summed E-state index contributed by atoms with van der Waals surface area (Å²) >= 11 is 5.82. The molecule has 5 heteroatoms. The minimum Gasteiger partial charge on any atom is -0.398 e. The summed E-state index contributed by atoms with van der Waals surface area (Å²) in [5, 5.41) is 4.37. The van der Waals surface area contributed by atoms with E-state index in [1.807, 2.05) is 30.5 Å². The average molecular weight is 286 g/mol. The summed E-state index contributed by atoms with van der Waals surface area (Å²) in [4.78, 5) is 15.3. The molecule has 0 unspecified atom stereocenters. The monoisotopic (exact) mass is 285 g/mol. The van der Waals surface area contributed by atoms with Crippen molar-refractivity contribution in [1.82, 2.24) is 4.98 Å². The number of aromatic nitrogens is 1. The number of amides is 1. The van der Waals surface area contributed by atoms with E-state index in [4.69, 9.17) is 17.3 Å². The number of halogens is 1. The Balaban J connectivity index is 1.87. The number of benzene rings is 2. The van der Waals surface area contributed by atoms with Crippen molar-refractivity contribution in [1.29, 1.82) is 0 Å². The molecule has 0 fully saturated rings. The van der Waals surface area contributed by atoms with Crippen LogP contribution in [0.2, 0.25) is 5.02 Å². The van der Waals surface area contributed by atoms with Gasteiger partial charge in [0.05, 0.1) is 5.56 Å². The molecule has 0 atom stereocenters. The van der Waals surface area contributed by atoms with Crippen LogP contribution in [0.4, 0.5) is 11.4 Å². The van der Waals surface area contributed by atoms with E-state index in [-0.39, 0.29) is 5.91 Å². The number of hydrogen-bond acceptors (Lipinski definition) is 2. The van der Waals surface area contributed by atoms with Gasteiger partial charge in [-0.2, -0.15) is 0 Å². The standard InChI is InChI=1S/C15H12ClN3O/c16-10-1-3-12(13(17)8-10)15(20)19-11-2-4-14-9(7-11)5-6-18-14/h1-8,18H,17H2,(H,19,20). The highest BCUT2D eigenvalue weighted by molar-refractivity contribution is 6.31. The number of nitrogens with two attached hydrogens (primary N) is 1. The van der Waals surface area contributed by atoms with Gasteiger partial charge in [-0.3, -0.25) is 4.79 Å². The summed E-state index contributed by atoms with van der Waals surface area (Å²) in [5.41, 5.74) is 8.31. The van der Waals surface area contributed by atoms with E-state index in [2.05, 4.69) is 10.3 Å². The van der Waals surface area contributed by atoms with E-state index in [1.165, 1.54) is 0 Å². The van der Waals surface area contributed by atoms with Gasteiger partial charge in [0.15, 0.2) is 0 Å². The van der Waals surface area contributed by atoms with E-state index < -0.39 is 0 Å². The Bertz CT molecular complexity index is 795. The third-order valence-corrected chi connectivity index (χ3v) is 3.30. The first-order valence-corrected chi connectivity index (χ1v) is 6.45. The fourth-order valence-electron chi connectivity index (χ4n) is 2.07. The van der Waals surface area contributed by atoms with Gasteiger partial charge in [-0.25, -0.2) is 0 Å². The van der Waals surface area contributed by atoms with Crippen LogP contribution >= 0.6 is 11.6 Å². The molecule has 0 aliphatic rings. The maximum Gasteiger partial charge on any atom is 0.257 e. The lowest BCUT2D eigenvalue weighted by Gasteiger charge is -2.08. The Morgan fingerprint density at radius 2 is 2.00 bits per heavy atom. The van der Waals surface area contributed by atoms with Gasteiger partial charge in [-0.15, -0.1) is 0 Å². The third kappa shape index (κ3) is 2.33. The van der Waals surface area contributed by atoms with Gasteiger partial charge in [-0.1, -0.05) is 11.6 Å². The van der Waals surface area contributed by atoms with Crippen LogP contribution in [0.15, 0.2) is 48.7 Å². The first kappa shape index (κ1) is 12.6.